The fourth-order valence-electron chi connectivity index (χ4n) is 4.17. The molecule has 2 saturated heterocycles. The summed E-state index contributed by atoms with van der Waals surface area (Å²) in [5, 5.41) is 12.7. The SMILES string of the molecule is Cl.N#Cc1ccc(OCC2(CNC[C@H]3CCCO3)CN(S(=O)(=O)c3ccc(Cl)cc3Cl)C2)cc1F. The molecule has 4 rings (SSSR count). The fourth-order valence-corrected chi connectivity index (χ4v) is 6.58. The maximum absolute atomic E-state index is 14.0. The van der Waals surface area contributed by atoms with E-state index in [4.69, 9.17) is 37.9 Å². The number of nitriles is 1. The summed E-state index contributed by atoms with van der Waals surface area (Å²) in [7, 11) is -3.82. The highest BCUT2D eigenvalue weighted by atomic mass is 35.5. The molecule has 2 aliphatic rings. The molecule has 0 aliphatic carbocycles. The quantitative estimate of drug-likeness (QED) is 0.489. The Morgan fingerprint density at radius 2 is 2.03 bits per heavy atom. The zero-order valence-electron chi connectivity index (χ0n) is 18.7. The van der Waals surface area contributed by atoms with Crippen LogP contribution in [0.2, 0.25) is 10.0 Å². The van der Waals surface area contributed by atoms with Gasteiger partial charge in [0.25, 0.3) is 0 Å². The first-order valence-electron chi connectivity index (χ1n) is 10.8. The van der Waals surface area contributed by atoms with Crippen LogP contribution < -0.4 is 10.1 Å². The molecule has 0 saturated carbocycles. The van der Waals surface area contributed by atoms with Crippen LogP contribution in [0.5, 0.6) is 5.75 Å². The summed E-state index contributed by atoms with van der Waals surface area (Å²) in [5.74, 6) is -0.391. The molecule has 12 heteroatoms. The lowest BCUT2D eigenvalue weighted by molar-refractivity contribution is 0.0156. The predicted molar refractivity (Wildman–Crippen MR) is 133 cm³/mol. The Morgan fingerprint density at radius 1 is 1.26 bits per heavy atom. The molecule has 1 N–H and O–H groups in total. The molecular weight excluding hydrogens is 540 g/mol. The lowest BCUT2D eigenvalue weighted by Gasteiger charge is -2.49. The van der Waals surface area contributed by atoms with E-state index < -0.39 is 21.3 Å². The van der Waals surface area contributed by atoms with Crippen molar-refractivity contribution in [3.05, 3.63) is 57.8 Å². The van der Waals surface area contributed by atoms with Gasteiger partial charge in [-0.3, -0.25) is 0 Å². The second-order valence-electron chi connectivity index (χ2n) is 8.66. The van der Waals surface area contributed by atoms with Gasteiger partial charge in [0.1, 0.15) is 22.5 Å². The smallest absolute Gasteiger partial charge is 0.244 e. The summed E-state index contributed by atoms with van der Waals surface area (Å²) in [6.07, 6.45) is 2.15. The Kier molecular flexibility index (Phi) is 9.27. The molecule has 2 aliphatic heterocycles. The predicted octanol–water partition coefficient (Wildman–Crippen LogP) is 4.26. The minimum Gasteiger partial charge on any atom is -0.493 e. The highest BCUT2D eigenvalue weighted by Crippen LogP contribution is 2.37. The van der Waals surface area contributed by atoms with E-state index in [9.17, 15) is 12.8 Å². The molecule has 0 radical (unpaired) electrons. The highest BCUT2D eigenvalue weighted by molar-refractivity contribution is 7.89. The average Bonchev–Trinajstić information content (AvgIpc) is 3.28. The molecule has 0 spiro atoms. The number of halogens is 4. The second kappa shape index (κ2) is 11.6. The topological polar surface area (TPSA) is 91.7 Å². The third-order valence-corrected chi connectivity index (χ3v) is 8.55. The molecule has 7 nitrogen and oxygen atoms in total. The monoisotopic (exact) mass is 563 g/mol. The minimum absolute atomic E-state index is 0. The van der Waals surface area contributed by atoms with Crippen molar-refractivity contribution >= 4 is 45.6 Å². The molecule has 0 aromatic heterocycles. The molecule has 2 fully saturated rings. The maximum Gasteiger partial charge on any atom is 0.244 e. The van der Waals surface area contributed by atoms with Gasteiger partial charge in [0, 0.05) is 49.3 Å². The van der Waals surface area contributed by atoms with Gasteiger partial charge in [-0.25, -0.2) is 12.8 Å². The first-order valence-corrected chi connectivity index (χ1v) is 13.0. The van der Waals surface area contributed by atoms with Crippen LogP contribution in [0.25, 0.3) is 0 Å². The van der Waals surface area contributed by atoms with Gasteiger partial charge >= 0.3 is 0 Å². The van der Waals surface area contributed by atoms with Crippen molar-refractivity contribution in [3.63, 3.8) is 0 Å². The van der Waals surface area contributed by atoms with Crippen molar-refractivity contribution in [1.82, 2.24) is 9.62 Å². The lowest BCUT2D eigenvalue weighted by Crippen LogP contribution is -2.64. The molecule has 0 bridgehead atoms. The fraction of sp³-hybridized carbons (Fsp3) is 0.435. The molecule has 0 amide bonds. The van der Waals surface area contributed by atoms with Crippen molar-refractivity contribution in [1.29, 1.82) is 5.26 Å². The van der Waals surface area contributed by atoms with Crippen LogP contribution in [-0.2, 0) is 14.8 Å². The van der Waals surface area contributed by atoms with E-state index in [0.29, 0.717) is 18.1 Å². The van der Waals surface area contributed by atoms with E-state index in [1.165, 1.54) is 34.6 Å². The number of benzene rings is 2. The summed E-state index contributed by atoms with van der Waals surface area (Å²) in [5.41, 5.74) is -0.601. The third-order valence-electron chi connectivity index (χ3n) is 6.04. The Hall–Kier alpha value is -1.64. The molecule has 1 atom stereocenters. The molecule has 0 unspecified atom stereocenters. The number of nitrogens with zero attached hydrogens (tertiary/aromatic N) is 2. The van der Waals surface area contributed by atoms with Crippen molar-refractivity contribution in [2.45, 2.75) is 23.8 Å². The number of nitrogens with one attached hydrogen (secondary N) is 1. The lowest BCUT2D eigenvalue weighted by atomic mass is 9.82. The van der Waals surface area contributed by atoms with Gasteiger partial charge in [0.15, 0.2) is 0 Å². The number of ether oxygens (including phenoxy) is 2. The summed E-state index contributed by atoms with van der Waals surface area (Å²) in [6, 6.07) is 10.1. The van der Waals surface area contributed by atoms with Crippen LogP contribution >= 0.6 is 35.6 Å². The van der Waals surface area contributed by atoms with Crippen molar-refractivity contribution in [2.75, 3.05) is 39.4 Å². The Morgan fingerprint density at radius 3 is 2.66 bits per heavy atom. The Balaban J connectivity index is 0.00000342. The first kappa shape index (κ1) is 27.9. The first-order chi connectivity index (χ1) is 16.2. The van der Waals surface area contributed by atoms with Gasteiger partial charge in [0.2, 0.25) is 10.0 Å². The number of hydrogen-bond acceptors (Lipinski definition) is 6. The van der Waals surface area contributed by atoms with Gasteiger partial charge < -0.3 is 14.8 Å². The standard InChI is InChI=1S/C23H24Cl2FN3O4S.ClH/c24-17-4-6-22(20(25)8-17)34(30,31)29-13-23(14-29,12-28-11-19-2-1-7-32-19)15-33-18-5-3-16(10-27)21(26)9-18;/h3-6,8-9,19,28H,1-2,7,11-15H2;1H/t19-;/m1./s1. The maximum atomic E-state index is 14.0. The van der Waals surface area contributed by atoms with Gasteiger partial charge in [-0.05, 0) is 43.2 Å². The number of sulfonamides is 1. The van der Waals surface area contributed by atoms with Gasteiger partial charge in [0.05, 0.1) is 23.3 Å². The zero-order valence-corrected chi connectivity index (χ0v) is 21.8. The molecule has 35 heavy (non-hydrogen) atoms. The normalized spacial score (nSPS) is 19.4. The summed E-state index contributed by atoms with van der Waals surface area (Å²) < 4.78 is 53.1. The molecule has 2 aromatic rings. The second-order valence-corrected chi connectivity index (χ2v) is 11.4. The summed E-state index contributed by atoms with van der Waals surface area (Å²) >= 11 is 12.1. The Labute approximate surface area is 220 Å². The van der Waals surface area contributed by atoms with Crippen LogP contribution in [0.4, 0.5) is 4.39 Å². The zero-order chi connectivity index (χ0) is 24.3. The molecule has 2 heterocycles. The van der Waals surface area contributed by atoms with Crippen LogP contribution in [0.1, 0.15) is 18.4 Å². The summed E-state index contributed by atoms with van der Waals surface area (Å²) in [4.78, 5) is -0.00503. The van der Waals surface area contributed by atoms with E-state index in [1.807, 2.05) is 0 Å². The van der Waals surface area contributed by atoms with E-state index in [2.05, 4.69) is 5.32 Å². The van der Waals surface area contributed by atoms with Gasteiger partial charge in [-0.2, -0.15) is 9.57 Å². The van der Waals surface area contributed by atoms with Gasteiger partial charge in [-0.15, -0.1) is 12.4 Å². The van der Waals surface area contributed by atoms with Crippen molar-refractivity contribution in [2.24, 2.45) is 5.41 Å². The number of hydrogen-bond donors (Lipinski definition) is 1. The van der Waals surface area contributed by atoms with Gasteiger partial charge in [-0.1, -0.05) is 23.2 Å². The van der Waals surface area contributed by atoms with Crippen molar-refractivity contribution < 1.29 is 22.3 Å². The van der Waals surface area contributed by atoms with E-state index in [1.54, 1.807) is 6.07 Å². The van der Waals surface area contributed by atoms with Crippen molar-refractivity contribution in [3.8, 4) is 11.8 Å². The van der Waals surface area contributed by atoms with Crippen LogP contribution in [-0.4, -0.2) is 58.2 Å². The average molecular weight is 565 g/mol. The van der Waals surface area contributed by atoms with Crippen LogP contribution in [0.3, 0.4) is 0 Å². The third kappa shape index (κ3) is 6.38. The molecular formula is C23H25Cl3FN3O4S. The van der Waals surface area contributed by atoms with E-state index >= 15 is 0 Å². The Bertz CT molecular complexity index is 1200. The van der Waals surface area contributed by atoms with E-state index in [0.717, 1.165) is 25.5 Å². The molecule has 2 aromatic carbocycles. The molecule has 190 valence electrons. The highest BCUT2D eigenvalue weighted by Gasteiger charge is 2.49. The minimum atomic E-state index is -3.82. The largest absolute Gasteiger partial charge is 0.493 e. The number of rotatable bonds is 9. The van der Waals surface area contributed by atoms with Crippen LogP contribution in [0.15, 0.2) is 41.3 Å². The van der Waals surface area contributed by atoms with E-state index in [-0.39, 0.29) is 59.4 Å². The summed E-state index contributed by atoms with van der Waals surface area (Å²) in [6.45, 7) is 2.46. The van der Waals surface area contributed by atoms with Crippen LogP contribution in [0, 0.1) is 22.6 Å².